The van der Waals surface area contributed by atoms with E-state index >= 15 is 0 Å². The lowest BCUT2D eigenvalue weighted by Gasteiger charge is -2.28. The fraction of sp³-hybridized carbons (Fsp3) is 0.357. The van der Waals surface area contributed by atoms with E-state index in [1.807, 2.05) is 36.4 Å². The van der Waals surface area contributed by atoms with Crippen molar-refractivity contribution in [1.29, 1.82) is 0 Å². The Morgan fingerprint density at radius 2 is 0.854 bits per heavy atom. The van der Waals surface area contributed by atoms with Crippen LogP contribution in [0.15, 0.2) is 67.7 Å². The van der Waals surface area contributed by atoms with Crippen LogP contribution in [0.2, 0.25) is 0 Å². The first kappa shape index (κ1) is 35.8. The fourth-order valence-electron chi connectivity index (χ4n) is 3.78. The fourth-order valence-corrected chi connectivity index (χ4v) is 9.10. The number of methoxy groups -OCH3 is 1. The highest BCUT2D eigenvalue weighted by Gasteiger charge is 2.28. The van der Waals surface area contributed by atoms with Crippen molar-refractivity contribution in [1.82, 2.24) is 0 Å². The number of ether oxygens (including phenoxy) is 4. The standard InChI is InChI=1S/C28H27Br7O6/c1-28(2,14-4-19(30)25(20(31)5-14)39-11-17(36)10-38-3)15-6-21(32)26(22(33)7-15)40-12-18(37)13-41-27-23(34)8-16(29)9-24(27)35/h4-9,17-18,36-37H,10-13H2,1-3H3. The molecule has 3 aromatic carbocycles. The van der Waals surface area contributed by atoms with Gasteiger partial charge in [-0.2, -0.15) is 0 Å². The van der Waals surface area contributed by atoms with Crippen molar-refractivity contribution in [3.05, 3.63) is 78.8 Å². The number of rotatable bonds is 13. The number of aliphatic hydroxyl groups excluding tert-OH is 2. The van der Waals surface area contributed by atoms with E-state index in [1.54, 1.807) is 0 Å². The Hall–Kier alpha value is 0.300. The quantitative estimate of drug-likeness (QED) is 0.178. The zero-order chi connectivity index (χ0) is 30.5. The molecule has 13 heteroatoms. The van der Waals surface area contributed by atoms with E-state index in [4.69, 9.17) is 18.9 Å². The molecular formula is C28H27Br7O6. The van der Waals surface area contributed by atoms with Gasteiger partial charge in [0.05, 0.1) is 33.4 Å². The highest BCUT2D eigenvalue weighted by atomic mass is 79.9. The van der Waals surface area contributed by atoms with Crippen LogP contribution in [0.3, 0.4) is 0 Å². The largest absolute Gasteiger partial charge is 0.488 e. The average molecular weight is 1020 g/mol. The minimum atomic E-state index is -0.863. The summed E-state index contributed by atoms with van der Waals surface area (Å²) < 4.78 is 28.0. The summed E-state index contributed by atoms with van der Waals surface area (Å²) in [4.78, 5) is 0. The predicted molar refractivity (Wildman–Crippen MR) is 186 cm³/mol. The van der Waals surface area contributed by atoms with Gasteiger partial charge >= 0.3 is 0 Å². The molecule has 2 N–H and O–H groups in total. The first-order chi connectivity index (χ1) is 19.2. The van der Waals surface area contributed by atoms with Crippen molar-refractivity contribution in [3.63, 3.8) is 0 Å². The molecule has 2 unspecified atom stereocenters. The minimum absolute atomic E-state index is 0.0339. The molecule has 0 aliphatic heterocycles. The molecule has 3 rings (SSSR count). The van der Waals surface area contributed by atoms with Crippen molar-refractivity contribution in [2.75, 3.05) is 33.5 Å². The van der Waals surface area contributed by atoms with Crippen LogP contribution < -0.4 is 14.2 Å². The molecule has 0 aliphatic rings. The van der Waals surface area contributed by atoms with Crippen molar-refractivity contribution in [2.45, 2.75) is 31.5 Å². The smallest absolute Gasteiger partial charge is 0.147 e. The summed E-state index contributed by atoms with van der Waals surface area (Å²) in [7, 11) is 1.53. The summed E-state index contributed by atoms with van der Waals surface area (Å²) in [5, 5.41) is 20.5. The predicted octanol–water partition coefficient (Wildman–Crippen LogP) is 9.55. The van der Waals surface area contributed by atoms with Crippen molar-refractivity contribution in [3.8, 4) is 17.2 Å². The highest BCUT2D eigenvalue weighted by Crippen LogP contribution is 2.44. The Balaban J connectivity index is 1.71. The third-order valence-electron chi connectivity index (χ3n) is 6.02. The van der Waals surface area contributed by atoms with E-state index in [9.17, 15) is 10.2 Å². The van der Waals surface area contributed by atoms with Crippen LogP contribution in [0.25, 0.3) is 0 Å². The van der Waals surface area contributed by atoms with Crippen molar-refractivity contribution >= 4 is 112 Å². The van der Waals surface area contributed by atoms with Gasteiger partial charge in [0.15, 0.2) is 0 Å². The van der Waals surface area contributed by atoms with Gasteiger partial charge in [-0.25, -0.2) is 0 Å². The van der Waals surface area contributed by atoms with Crippen LogP contribution in [0.4, 0.5) is 0 Å². The van der Waals surface area contributed by atoms with Crippen LogP contribution in [0.5, 0.6) is 17.2 Å². The van der Waals surface area contributed by atoms with Gasteiger partial charge in [-0.05, 0) is 143 Å². The van der Waals surface area contributed by atoms with Gasteiger partial charge in [-0.15, -0.1) is 0 Å². The maximum absolute atomic E-state index is 10.5. The first-order valence-corrected chi connectivity index (χ1v) is 17.7. The lowest BCUT2D eigenvalue weighted by molar-refractivity contribution is 0.0321. The molecule has 0 saturated heterocycles. The van der Waals surface area contributed by atoms with E-state index in [0.29, 0.717) is 17.2 Å². The topological polar surface area (TPSA) is 77.4 Å². The Morgan fingerprint density at radius 1 is 0.561 bits per heavy atom. The number of halogens is 7. The maximum atomic E-state index is 10.5. The lowest BCUT2D eigenvalue weighted by Crippen LogP contribution is -2.25. The van der Waals surface area contributed by atoms with Gasteiger partial charge < -0.3 is 29.2 Å². The molecule has 0 bridgehead atoms. The Labute approximate surface area is 298 Å². The summed E-state index contributed by atoms with van der Waals surface area (Å²) in [6.07, 6.45) is -1.59. The Bertz CT molecular complexity index is 1300. The normalized spacial score (nSPS) is 13.2. The molecule has 2 atom stereocenters. The molecule has 0 fully saturated rings. The number of benzene rings is 3. The average Bonchev–Trinajstić information content (AvgIpc) is 2.87. The first-order valence-electron chi connectivity index (χ1n) is 12.1. The molecular weight excluding hydrogens is 992 g/mol. The lowest BCUT2D eigenvalue weighted by atomic mass is 9.78. The maximum Gasteiger partial charge on any atom is 0.147 e. The highest BCUT2D eigenvalue weighted by molar-refractivity contribution is 9.12. The van der Waals surface area contributed by atoms with E-state index in [0.717, 1.165) is 42.4 Å². The molecule has 0 radical (unpaired) electrons. The molecule has 3 aromatic rings. The number of hydrogen-bond donors (Lipinski definition) is 2. The van der Waals surface area contributed by atoms with Crippen molar-refractivity contribution < 1.29 is 29.2 Å². The molecule has 0 heterocycles. The molecule has 41 heavy (non-hydrogen) atoms. The van der Waals surface area contributed by atoms with Crippen LogP contribution in [0, 0.1) is 0 Å². The van der Waals surface area contributed by atoms with E-state index in [1.165, 1.54) is 7.11 Å². The van der Waals surface area contributed by atoms with Gasteiger partial charge in [0.25, 0.3) is 0 Å². The SMILES string of the molecule is COCC(O)COc1c(Br)cc(C(C)(C)c2cc(Br)c(OCC(O)COc3c(Br)cc(Br)cc3Br)c(Br)c2)cc1Br. The molecule has 224 valence electrons. The molecule has 0 aromatic heterocycles. The third kappa shape index (κ3) is 9.64. The zero-order valence-corrected chi connectivity index (χ0v) is 33.2. The van der Waals surface area contributed by atoms with Crippen LogP contribution in [-0.2, 0) is 10.2 Å². The molecule has 6 nitrogen and oxygen atoms in total. The zero-order valence-electron chi connectivity index (χ0n) is 22.1. The monoisotopic (exact) mass is 1010 g/mol. The number of aliphatic hydroxyl groups is 2. The summed E-state index contributed by atoms with van der Waals surface area (Å²) in [6.45, 7) is 4.63. The van der Waals surface area contributed by atoms with Gasteiger partial charge in [-0.1, -0.05) is 29.8 Å². The Kier molecular flexibility index (Phi) is 14.0. The minimum Gasteiger partial charge on any atom is -0.488 e. The second-order valence-corrected chi connectivity index (χ2v) is 15.6. The van der Waals surface area contributed by atoms with Crippen LogP contribution in [-0.4, -0.2) is 56.0 Å². The van der Waals surface area contributed by atoms with Gasteiger partial charge in [0, 0.05) is 17.0 Å². The summed E-state index contributed by atoms with van der Waals surface area (Å²) in [6, 6.07) is 11.8. The molecule has 0 aliphatic carbocycles. The summed E-state index contributed by atoms with van der Waals surface area (Å²) in [5.74, 6) is 1.78. The van der Waals surface area contributed by atoms with Crippen LogP contribution in [0.1, 0.15) is 25.0 Å². The second-order valence-electron chi connectivity index (χ2n) is 9.56. The summed E-state index contributed by atoms with van der Waals surface area (Å²) >= 11 is 24.9. The Morgan fingerprint density at radius 3 is 1.17 bits per heavy atom. The third-order valence-corrected chi connectivity index (χ3v) is 10.0. The van der Waals surface area contributed by atoms with E-state index in [2.05, 4.69) is 125 Å². The second kappa shape index (κ2) is 16.0. The van der Waals surface area contributed by atoms with E-state index < -0.39 is 17.6 Å². The van der Waals surface area contributed by atoms with E-state index in [-0.39, 0.29) is 26.4 Å². The van der Waals surface area contributed by atoms with Crippen molar-refractivity contribution in [2.24, 2.45) is 0 Å². The van der Waals surface area contributed by atoms with Gasteiger partial charge in [0.1, 0.15) is 49.3 Å². The molecule has 0 saturated carbocycles. The molecule has 0 amide bonds. The summed E-state index contributed by atoms with van der Waals surface area (Å²) in [5.41, 5.74) is 1.66. The molecule has 0 spiro atoms. The van der Waals surface area contributed by atoms with Crippen LogP contribution >= 0.6 is 112 Å². The van der Waals surface area contributed by atoms with Gasteiger partial charge in [0.2, 0.25) is 0 Å². The van der Waals surface area contributed by atoms with Gasteiger partial charge in [-0.3, -0.25) is 0 Å². The number of hydrogen-bond acceptors (Lipinski definition) is 6.